The van der Waals surface area contributed by atoms with Crippen LogP contribution in [0.15, 0.2) is 60.8 Å². The number of rotatable bonds is 59. The number of hydrogen-bond acceptors (Lipinski definition) is 11. The molecule has 0 bridgehead atoms. The fourth-order valence-corrected chi connectivity index (χ4v) is 10.2. The Morgan fingerprint density at radius 1 is 0.398 bits per heavy atom. The number of carboxylic acid groups (broad SMARTS) is 1. The largest absolute Gasteiger partial charge is 0.479 e. The van der Waals surface area contributed by atoms with Gasteiger partial charge in [-0.05, 0) is 109 Å². The zero-order chi connectivity index (χ0) is 60.3. The Hall–Kier alpha value is -3.58. The molecule has 1 rings (SSSR count). The first-order valence-corrected chi connectivity index (χ1v) is 34.3. The lowest BCUT2D eigenvalue weighted by molar-refractivity contribution is -0.301. The van der Waals surface area contributed by atoms with Gasteiger partial charge in [-0.1, -0.05) is 248 Å². The van der Waals surface area contributed by atoms with Crippen molar-refractivity contribution in [3.63, 3.8) is 0 Å². The van der Waals surface area contributed by atoms with Gasteiger partial charge >= 0.3 is 23.9 Å². The maximum absolute atomic E-state index is 13.2. The van der Waals surface area contributed by atoms with E-state index in [1.54, 1.807) is 0 Å². The Labute approximate surface area is 506 Å². The van der Waals surface area contributed by atoms with Crippen molar-refractivity contribution in [1.29, 1.82) is 0 Å². The second-order valence-corrected chi connectivity index (χ2v) is 23.5. The summed E-state index contributed by atoms with van der Waals surface area (Å²) >= 11 is 0. The Morgan fingerprint density at radius 3 is 1.13 bits per heavy atom. The third kappa shape index (κ3) is 48.3. The van der Waals surface area contributed by atoms with Crippen LogP contribution in [0.5, 0.6) is 0 Å². The highest BCUT2D eigenvalue weighted by Crippen LogP contribution is 2.27. The molecule has 0 aromatic carbocycles. The highest BCUT2D eigenvalue weighted by Gasteiger charge is 2.50. The number of allylic oxidation sites excluding steroid dienone is 10. The second kappa shape index (κ2) is 58.8. The zero-order valence-electron chi connectivity index (χ0n) is 53.2. The minimum absolute atomic E-state index is 0.0544. The summed E-state index contributed by atoms with van der Waals surface area (Å²) < 4.78 is 28.6. The molecule has 0 radical (unpaired) electrons. The van der Waals surface area contributed by atoms with Crippen LogP contribution in [-0.4, -0.2) is 89.2 Å². The summed E-state index contributed by atoms with van der Waals surface area (Å²) in [5, 5.41) is 31.6. The summed E-state index contributed by atoms with van der Waals surface area (Å²) in [5.74, 6) is -3.12. The van der Waals surface area contributed by atoms with Gasteiger partial charge in [-0.3, -0.25) is 14.4 Å². The van der Waals surface area contributed by atoms with Gasteiger partial charge in [0.1, 0.15) is 18.8 Å². The quantitative estimate of drug-likeness (QED) is 0.0228. The smallest absolute Gasteiger partial charge is 0.335 e. The van der Waals surface area contributed by atoms with Gasteiger partial charge in [-0.25, -0.2) is 4.79 Å². The van der Waals surface area contributed by atoms with E-state index in [-0.39, 0.29) is 25.9 Å². The summed E-state index contributed by atoms with van der Waals surface area (Å²) in [6.07, 6.45) is 61.7. The standard InChI is InChI=1S/C71H124O12/c1-4-7-10-13-16-19-22-25-28-31-32-35-36-39-42-45-48-51-54-57-63(72)79-60-62(81-64(73)58-55-52-49-46-43-40-37-33-29-26-23-20-17-14-11-8-5-2)61-80-71-69(67(76)66(75)68(83-71)70(77)78)82-65(74)59-56-53-50-47-44-41-38-34-30-27-24-21-18-15-12-9-6-3/h16,19,25-30,32,35,62,66-69,71,75-76H,4-15,17-18,20-24,31,33-34,36-61H2,1-3H3,(H,77,78)/b19-16-,28-25-,29-26-,30-27-,35-32-. The molecule has 0 aliphatic carbocycles. The van der Waals surface area contributed by atoms with Crippen LogP contribution in [-0.2, 0) is 42.9 Å². The number of carboxylic acids is 1. The van der Waals surface area contributed by atoms with Crippen molar-refractivity contribution in [3.8, 4) is 0 Å². The van der Waals surface area contributed by atoms with Gasteiger partial charge in [0.15, 0.2) is 24.6 Å². The number of hydrogen-bond donors (Lipinski definition) is 3. The van der Waals surface area contributed by atoms with E-state index < -0.39 is 67.3 Å². The number of carbonyl (C=O) groups is 4. The number of esters is 3. The van der Waals surface area contributed by atoms with Crippen LogP contribution in [0.25, 0.3) is 0 Å². The van der Waals surface area contributed by atoms with Gasteiger partial charge in [0.2, 0.25) is 0 Å². The maximum Gasteiger partial charge on any atom is 0.335 e. The van der Waals surface area contributed by atoms with E-state index in [9.17, 15) is 34.5 Å². The number of ether oxygens (including phenoxy) is 5. The van der Waals surface area contributed by atoms with Gasteiger partial charge in [0.05, 0.1) is 6.61 Å². The number of carbonyl (C=O) groups excluding carboxylic acids is 3. The van der Waals surface area contributed by atoms with Crippen molar-refractivity contribution in [2.24, 2.45) is 0 Å². The minimum Gasteiger partial charge on any atom is -0.479 e. The third-order valence-electron chi connectivity index (χ3n) is 15.5. The van der Waals surface area contributed by atoms with Crippen LogP contribution >= 0.6 is 0 Å². The Bertz CT molecular complexity index is 1670. The molecule has 83 heavy (non-hydrogen) atoms. The zero-order valence-corrected chi connectivity index (χ0v) is 53.2. The van der Waals surface area contributed by atoms with Crippen LogP contribution in [0.2, 0.25) is 0 Å². The molecular weight excluding hydrogens is 1040 g/mol. The summed E-state index contributed by atoms with van der Waals surface area (Å²) in [6.45, 7) is 5.99. The lowest BCUT2D eigenvalue weighted by atomic mass is 9.98. The molecule has 480 valence electrons. The SMILES string of the molecule is CCCCC/C=C\C/C=C\C/C=C\CCCCCCCCC(=O)OCC(COC1OC(C(=O)O)C(O)C(O)C1OC(=O)CCCCCCCCC/C=C\CCCCCCCC)OC(=O)CCCCCCCCC/C=C\CCCCCCCC. The van der Waals surface area contributed by atoms with Crippen molar-refractivity contribution < 1.29 is 58.2 Å². The first-order valence-electron chi connectivity index (χ1n) is 34.3. The lowest BCUT2D eigenvalue weighted by Gasteiger charge is -2.40. The van der Waals surface area contributed by atoms with Crippen LogP contribution in [0.4, 0.5) is 0 Å². The molecule has 0 aromatic rings. The topological polar surface area (TPSA) is 175 Å². The van der Waals surface area contributed by atoms with Crippen LogP contribution < -0.4 is 0 Å². The van der Waals surface area contributed by atoms with E-state index in [4.69, 9.17) is 23.7 Å². The Kier molecular flexibility index (Phi) is 54.8. The Balaban J connectivity index is 2.66. The van der Waals surface area contributed by atoms with Crippen LogP contribution in [0.1, 0.15) is 316 Å². The summed E-state index contributed by atoms with van der Waals surface area (Å²) in [6, 6.07) is 0. The van der Waals surface area contributed by atoms with Gasteiger partial charge in [0.25, 0.3) is 0 Å². The monoisotopic (exact) mass is 1170 g/mol. The van der Waals surface area contributed by atoms with E-state index in [0.717, 1.165) is 116 Å². The van der Waals surface area contributed by atoms with E-state index in [2.05, 4.69) is 81.5 Å². The molecular formula is C71H124O12. The summed E-state index contributed by atoms with van der Waals surface area (Å²) in [5.41, 5.74) is 0. The number of aliphatic hydroxyl groups is 2. The van der Waals surface area contributed by atoms with Crippen molar-refractivity contribution in [2.45, 2.75) is 353 Å². The van der Waals surface area contributed by atoms with Gasteiger partial charge in [0, 0.05) is 19.3 Å². The highest BCUT2D eigenvalue weighted by molar-refractivity contribution is 5.74. The van der Waals surface area contributed by atoms with E-state index in [1.807, 2.05) is 0 Å². The predicted molar refractivity (Wildman–Crippen MR) is 340 cm³/mol. The molecule has 3 N–H and O–H groups in total. The van der Waals surface area contributed by atoms with Crippen LogP contribution in [0.3, 0.4) is 0 Å². The first-order chi connectivity index (χ1) is 40.6. The molecule has 12 heteroatoms. The molecule has 0 amide bonds. The molecule has 1 fully saturated rings. The average Bonchev–Trinajstić information content (AvgIpc) is 3.59. The molecule has 6 unspecified atom stereocenters. The summed E-state index contributed by atoms with van der Waals surface area (Å²) in [7, 11) is 0. The second-order valence-electron chi connectivity index (χ2n) is 23.5. The van der Waals surface area contributed by atoms with E-state index in [0.29, 0.717) is 19.3 Å². The molecule has 6 atom stereocenters. The minimum atomic E-state index is -1.91. The molecule has 0 aromatic heterocycles. The third-order valence-corrected chi connectivity index (χ3v) is 15.5. The fraction of sp³-hybridized carbons (Fsp3) is 0.803. The number of aliphatic carboxylic acids is 1. The summed E-state index contributed by atoms with van der Waals surface area (Å²) in [4.78, 5) is 51.4. The molecule has 1 saturated heterocycles. The van der Waals surface area contributed by atoms with Crippen LogP contribution in [0, 0.1) is 0 Å². The molecule has 1 aliphatic heterocycles. The van der Waals surface area contributed by atoms with Gasteiger partial charge < -0.3 is 39.0 Å². The number of unbranched alkanes of at least 4 members (excludes halogenated alkanes) is 35. The number of aliphatic hydroxyl groups excluding tert-OH is 2. The molecule has 1 heterocycles. The molecule has 0 spiro atoms. The first kappa shape index (κ1) is 77.4. The molecule has 1 aliphatic rings. The fourth-order valence-electron chi connectivity index (χ4n) is 10.2. The highest BCUT2D eigenvalue weighted by atomic mass is 16.7. The van der Waals surface area contributed by atoms with E-state index in [1.165, 1.54) is 141 Å². The van der Waals surface area contributed by atoms with Gasteiger partial charge in [-0.15, -0.1) is 0 Å². The molecule has 0 saturated carbocycles. The Morgan fingerprint density at radius 2 is 0.723 bits per heavy atom. The predicted octanol–water partition coefficient (Wildman–Crippen LogP) is 18.7. The van der Waals surface area contributed by atoms with Crippen molar-refractivity contribution in [3.05, 3.63) is 60.8 Å². The molecule has 12 nitrogen and oxygen atoms in total. The maximum atomic E-state index is 13.2. The lowest BCUT2D eigenvalue weighted by Crippen LogP contribution is -2.61. The van der Waals surface area contributed by atoms with Crippen molar-refractivity contribution in [1.82, 2.24) is 0 Å². The van der Waals surface area contributed by atoms with Gasteiger partial charge in [-0.2, -0.15) is 0 Å². The normalized spacial score (nSPS) is 17.9. The van der Waals surface area contributed by atoms with Crippen molar-refractivity contribution >= 4 is 23.9 Å². The van der Waals surface area contributed by atoms with Crippen molar-refractivity contribution in [2.75, 3.05) is 13.2 Å². The average molecular weight is 1170 g/mol. The van der Waals surface area contributed by atoms with E-state index >= 15 is 0 Å².